The van der Waals surface area contributed by atoms with Gasteiger partial charge in [-0.25, -0.2) is 0 Å². The van der Waals surface area contributed by atoms with E-state index in [4.69, 9.17) is 0 Å². The molecule has 0 bridgehead atoms. The van der Waals surface area contributed by atoms with Crippen LogP contribution >= 0.6 is 0 Å². The summed E-state index contributed by atoms with van der Waals surface area (Å²) in [6.45, 7) is 5.64. The Morgan fingerprint density at radius 2 is 1.89 bits per heavy atom. The lowest BCUT2D eigenvalue weighted by atomic mass is 10.2. The van der Waals surface area contributed by atoms with Gasteiger partial charge in [-0.15, -0.1) is 0 Å². The summed E-state index contributed by atoms with van der Waals surface area (Å²) in [5, 5.41) is 3.69. The third kappa shape index (κ3) is 4.02. The van der Waals surface area contributed by atoms with Gasteiger partial charge in [0.15, 0.2) is 0 Å². The van der Waals surface area contributed by atoms with Crippen molar-refractivity contribution in [3.63, 3.8) is 0 Å². The Balaban J connectivity index is 1.67. The molecule has 0 saturated heterocycles. The Bertz CT molecular complexity index is 317. The molecule has 0 spiro atoms. The van der Waals surface area contributed by atoms with Crippen molar-refractivity contribution in [1.82, 2.24) is 5.32 Å². The molecule has 2 rings (SSSR count). The Morgan fingerprint density at radius 1 is 1.17 bits per heavy atom. The highest BCUT2D eigenvalue weighted by molar-refractivity contribution is 5.45. The van der Waals surface area contributed by atoms with Gasteiger partial charge < -0.3 is 10.2 Å². The van der Waals surface area contributed by atoms with Crippen molar-refractivity contribution >= 4 is 5.69 Å². The van der Waals surface area contributed by atoms with Gasteiger partial charge in [0, 0.05) is 24.8 Å². The van der Waals surface area contributed by atoms with Crippen LogP contribution in [-0.2, 0) is 0 Å². The molecule has 1 aromatic rings. The number of nitrogens with one attached hydrogen (secondary N) is 1. The molecular weight excluding hydrogens is 220 g/mol. The molecule has 1 aromatic carbocycles. The first kappa shape index (κ1) is 13.4. The quantitative estimate of drug-likeness (QED) is 0.741. The molecule has 100 valence electrons. The highest BCUT2D eigenvalue weighted by atomic mass is 15.1. The fourth-order valence-corrected chi connectivity index (χ4v) is 2.81. The third-order valence-electron chi connectivity index (χ3n) is 3.90. The molecular formula is C16H26N2. The van der Waals surface area contributed by atoms with Crippen LogP contribution in [0.15, 0.2) is 30.3 Å². The lowest BCUT2D eigenvalue weighted by Gasteiger charge is -2.23. The molecule has 1 fully saturated rings. The Kier molecular flexibility index (Phi) is 5.53. The SMILES string of the molecule is CCN(CCCNC1CCCC1)c1ccccc1. The van der Waals surface area contributed by atoms with Crippen molar-refractivity contribution in [2.45, 2.75) is 45.1 Å². The molecule has 0 aromatic heterocycles. The van der Waals surface area contributed by atoms with E-state index >= 15 is 0 Å². The second kappa shape index (κ2) is 7.42. The third-order valence-corrected chi connectivity index (χ3v) is 3.90. The summed E-state index contributed by atoms with van der Waals surface area (Å²) in [6.07, 6.45) is 6.84. The van der Waals surface area contributed by atoms with Crippen LogP contribution in [0.3, 0.4) is 0 Å². The molecule has 1 N–H and O–H groups in total. The second-order valence-corrected chi connectivity index (χ2v) is 5.20. The first-order valence-corrected chi connectivity index (χ1v) is 7.43. The Labute approximate surface area is 111 Å². The minimum absolute atomic E-state index is 0.803. The van der Waals surface area contributed by atoms with Crippen LogP contribution in [0.5, 0.6) is 0 Å². The van der Waals surface area contributed by atoms with Crippen molar-refractivity contribution in [3.05, 3.63) is 30.3 Å². The largest absolute Gasteiger partial charge is 0.372 e. The molecule has 0 atom stereocenters. The van der Waals surface area contributed by atoms with Crippen molar-refractivity contribution in [3.8, 4) is 0 Å². The number of rotatable bonds is 7. The van der Waals surface area contributed by atoms with Crippen molar-refractivity contribution in [1.29, 1.82) is 0 Å². The molecule has 2 heteroatoms. The number of nitrogens with zero attached hydrogens (tertiary/aromatic N) is 1. The summed E-state index contributed by atoms with van der Waals surface area (Å²) in [7, 11) is 0. The highest BCUT2D eigenvalue weighted by Gasteiger charge is 2.13. The van der Waals surface area contributed by atoms with Gasteiger partial charge in [0.1, 0.15) is 0 Å². The van der Waals surface area contributed by atoms with Crippen molar-refractivity contribution in [2.24, 2.45) is 0 Å². The smallest absolute Gasteiger partial charge is 0.0366 e. The van der Waals surface area contributed by atoms with E-state index in [-0.39, 0.29) is 0 Å². The maximum atomic E-state index is 3.69. The summed E-state index contributed by atoms with van der Waals surface area (Å²) in [6, 6.07) is 11.5. The summed E-state index contributed by atoms with van der Waals surface area (Å²) < 4.78 is 0. The van der Waals surface area contributed by atoms with E-state index in [1.54, 1.807) is 0 Å². The van der Waals surface area contributed by atoms with Crippen molar-refractivity contribution < 1.29 is 0 Å². The molecule has 0 aliphatic heterocycles. The molecule has 1 saturated carbocycles. The molecule has 0 heterocycles. The zero-order valence-electron chi connectivity index (χ0n) is 11.6. The summed E-state index contributed by atoms with van der Waals surface area (Å²) >= 11 is 0. The summed E-state index contributed by atoms with van der Waals surface area (Å²) in [5.41, 5.74) is 1.35. The van der Waals surface area contributed by atoms with E-state index in [0.29, 0.717) is 0 Å². The molecule has 1 aliphatic carbocycles. The van der Waals surface area contributed by atoms with E-state index < -0.39 is 0 Å². The predicted octanol–water partition coefficient (Wildman–Crippen LogP) is 3.44. The van der Waals surface area contributed by atoms with Gasteiger partial charge in [-0.1, -0.05) is 31.0 Å². The van der Waals surface area contributed by atoms with Crippen LogP contribution in [0.1, 0.15) is 39.0 Å². The average molecular weight is 246 g/mol. The molecule has 1 aliphatic rings. The Hall–Kier alpha value is -1.02. The van der Waals surface area contributed by atoms with Gasteiger partial charge in [0.2, 0.25) is 0 Å². The average Bonchev–Trinajstić information content (AvgIpc) is 2.93. The maximum Gasteiger partial charge on any atom is 0.0366 e. The summed E-state index contributed by atoms with van der Waals surface area (Å²) in [5.74, 6) is 0. The van der Waals surface area contributed by atoms with Gasteiger partial charge in [0.25, 0.3) is 0 Å². The van der Waals surface area contributed by atoms with E-state index in [1.807, 2.05) is 0 Å². The van der Waals surface area contributed by atoms with Crippen LogP contribution < -0.4 is 10.2 Å². The number of hydrogen-bond donors (Lipinski definition) is 1. The minimum Gasteiger partial charge on any atom is -0.372 e. The van der Waals surface area contributed by atoms with E-state index in [1.165, 1.54) is 37.8 Å². The summed E-state index contributed by atoms with van der Waals surface area (Å²) in [4.78, 5) is 2.45. The number of para-hydroxylation sites is 1. The normalized spacial score (nSPS) is 16.1. The second-order valence-electron chi connectivity index (χ2n) is 5.20. The number of benzene rings is 1. The van der Waals surface area contributed by atoms with E-state index in [9.17, 15) is 0 Å². The van der Waals surface area contributed by atoms with E-state index in [0.717, 1.165) is 25.7 Å². The molecule has 0 unspecified atom stereocenters. The maximum absolute atomic E-state index is 3.69. The van der Waals surface area contributed by atoms with E-state index in [2.05, 4.69) is 47.5 Å². The zero-order chi connectivity index (χ0) is 12.6. The number of anilines is 1. The fraction of sp³-hybridized carbons (Fsp3) is 0.625. The van der Waals surface area contributed by atoms with Crippen LogP contribution in [0.25, 0.3) is 0 Å². The lowest BCUT2D eigenvalue weighted by Crippen LogP contribution is -2.31. The lowest BCUT2D eigenvalue weighted by molar-refractivity contribution is 0.514. The Morgan fingerprint density at radius 3 is 2.56 bits per heavy atom. The first-order chi connectivity index (χ1) is 8.90. The highest BCUT2D eigenvalue weighted by Crippen LogP contribution is 2.17. The van der Waals surface area contributed by atoms with Gasteiger partial charge in [-0.05, 0) is 44.9 Å². The van der Waals surface area contributed by atoms with Crippen molar-refractivity contribution in [2.75, 3.05) is 24.5 Å². The zero-order valence-corrected chi connectivity index (χ0v) is 11.6. The van der Waals surface area contributed by atoms with Gasteiger partial charge >= 0.3 is 0 Å². The fourth-order valence-electron chi connectivity index (χ4n) is 2.81. The number of hydrogen-bond acceptors (Lipinski definition) is 2. The minimum atomic E-state index is 0.803. The van der Waals surface area contributed by atoms with Crippen LogP contribution in [-0.4, -0.2) is 25.7 Å². The van der Waals surface area contributed by atoms with Gasteiger partial charge in [0.05, 0.1) is 0 Å². The van der Waals surface area contributed by atoms with Gasteiger partial charge in [-0.2, -0.15) is 0 Å². The first-order valence-electron chi connectivity index (χ1n) is 7.43. The molecule has 18 heavy (non-hydrogen) atoms. The molecule has 0 radical (unpaired) electrons. The van der Waals surface area contributed by atoms with Crippen LogP contribution in [0.4, 0.5) is 5.69 Å². The molecule has 2 nitrogen and oxygen atoms in total. The topological polar surface area (TPSA) is 15.3 Å². The monoisotopic (exact) mass is 246 g/mol. The predicted molar refractivity (Wildman–Crippen MR) is 79.2 cm³/mol. The molecule has 0 amide bonds. The van der Waals surface area contributed by atoms with Crippen LogP contribution in [0, 0.1) is 0 Å². The standard InChI is InChI=1S/C16H26N2/c1-2-18(16-11-4-3-5-12-16)14-8-13-17-15-9-6-7-10-15/h3-5,11-12,15,17H,2,6-10,13-14H2,1H3. The van der Waals surface area contributed by atoms with Crippen LogP contribution in [0.2, 0.25) is 0 Å². The van der Waals surface area contributed by atoms with Gasteiger partial charge in [-0.3, -0.25) is 0 Å².